The van der Waals surface area contributed by atoms with Crippen molar-refractivity contribution in [2.75, 3.05) is 23.7 Å². The number of nitrogen functional groups attached to an aromatic ring is 1. The Balaban J connectivity index is 2.05. The number of H-pyrrole nitrogens is 1. The van der Waals surface area contributed by atoms with E-state index in [1.165, 1.54) is 0 Å². The summed E-state index contributed by atoms with van der Waals surface area (Å²) < 4.78 is 0. The van der Waals surface area contributed by atoms with Crippen LogP contribution in [0.4, 0.5) is 11.8 Å². The van der Waals surface area contributed by atoms with Crippen LogP contribution in [-0.2, 0) is 0 Å². The van der Waals surface area contributed by atoms with Crippen molar-refractivity contribution in [1.82, 2.24) is 20.2 Å². The number of hydrogen-bond donors (Lipinski definition) is 2. The first-order valence-electron chi connectivity index (χ1n) is 6.00. The molecular weight excluding hydrogens is 248 g/mol. The van der Waals surface area contributed by atoms with Crippen molar-refractivity contribution in [2.24, 2.45) is 0 Å². The molecule has 6 nitrogen and oxygen atoms in total. The Labute approximate surface area is 109 Å². The van der Waals surface area contributed by atoms with Gasteiger partial charge in [0.1, 0.15) is 5.82 Å². The van der Waals surface area contributed by atoms with Crippen molar-refractivity contribution in [3.05, 3.63) is 6.20 Å². The molecule has 7 heteroatoms. The first kappa shape index (κ1) is 11.6. The minimum absolute atomic E-state index is 0.292. The second-order valence-electron chi connectivity index (χ2n) is 4.70. The first-order valence-corrected chi connectivity index (χ1v) is 6.95. The molecule has 0 amide bonds. The third-order valence-corrected chi connectivity index (χ3v) is 4.25. The van der Waals surface area contributed by atoms with Crippen molar-refractivity contribution in [1.29, 1.82) is 0 Å². The van der Waals surface area contributed by atoms with E-state index in [1.54, 1.807) is 6.20 Å². The number of rotatable bonds is 1. The van der Waals surface area contributed by atoms with Crippen LogP contribution >= 0.6 is 11.8 Å². The van der Waals surface area contributed by atoms with E-state index in [2.05, 4.69) is 38.9 Å². The Morgan fingerprint density at radius 3 is 2.78 bits per heavy atom. The summed E-state index contributed by atoms with van der Waals surface area (Å²) in [5.74, 6) is 1.19. The monoisotopic (exact) mass is 264 g/mol. The first-order chi connectivity index (χ1) is 8.63. The van der Waals surface area contributed by atoms with Gasteiger partial charge in [-0.05, 0) is 0 Å². The van der Waals surface area contributed by atoms with Gasteiger partial charge in [-0.3, -0.25) is 5.10 Å². The molecular formula is C11H16N6S. The normalized spacial score (nSPS) is 24.7. The molecule has 1 saturated heterocycles. The maximum Gasteiger partial charge on any atom is 0.224 e. The summed E-state index contributed by atoms with van der Waals surface area (Å²) in [6, 6.07) is 0. The molecule has 96 valence electrons. The van der Waals surface area contributed by atoms with Gasteiger partial charge in [0.05, 0.1) is 11.6 Å². The number of nitrogens with two attached hydrogens (primary N) is 1. The van der Waals surface area contributed by atoms with Crippen LogP contribution in [0.15, 0.2) is 6.20 Å². The molecule has 2 atom stereocenters. The summed E-state index contributed by atoms with van der Waals surface area (Å²) in [5, 5.41) is 8.99. The van der Waals surface area contributed by atoms with Crippen LogP contribution in [0.2, 0.25) is 0 Å². The van der Waals surface area contributed by atoms with E-state index in [1.807, 2.05) is 11.8 Å². The molecule has 1 aliphatic rings. The second kappa shape index (κ2) is 4.31. The summed E-state index contributed by atoms with van der Waals surface area (Å²) in [6.07, 6.45) is 1.77. The van der Waals surface area contributed by atoms with E-state index in [0.29, 0.717) is 22.1 Å². The Morgan fingerprint density at radius 2 is 2.06 bits per heavy atom. The van der Waals surface area contributed by atoms with Gasteiger partial charge < -0.3 is 10.6 Å². The van der Waals surface area contributed by atoms with Gasteiger partial charge in [0.2, 0.25) is 5.95 Å². The van der Waals surface area contributed by atoms with Crippen LogP contribution in [0, 0.1) is 0 Å². The largest absolute Gasteiger partial charge is 0.368 e. The van der Waals surface area contributed by atoms with Gasteiger partial charge in [0, 0.05) is 23.6 Å². The smallest absolute Gasteiger partial charge is 0.224 e. The molecule has 1 aliphatic heterocycles. The summed E-state index contributed by atoms with van der Waals surface area (Å²) in [7, 11) is 0. The molecule has 0 spiro atoms. The van der Waals surface area contributed by atoms with Crippen molar-refractivity contribution < 1.29 is 0 Å². The van der Waals surface area contributed by atoms with Gasteiger partial charge in [-0.15, -0.1) is 0 Å². The quantitative estimate of drug-likeness (QED) is 0.807. The fourth-order valence-corrected chi connectivity index (χ4v) is 3.75. The zero-order chi connectivity index (χ0) is 12.7. The molecule has 18 heavy (non-hydrogen) atoms. The van der Waals surface area contributed by atoms with Gasteiger partial charge in [0.25, 0.3) is 0 Å². The van der Waals surface area contributed by atoms with Crippen LogP contribution in [0.3, 0.4) is 0 Å². The fourth-order valence-electron chi connectivity index (χ4n) is 2.43. The predicted molar refractivity (Wildman–Crippen MR) is 74.8 cm³/mol. The third kappa shape index (κ3) is 1.98. The number of nitrogens with one attached hydrogen (secondary N) is 1. The summed E-state index contributed by atoms with van der Waals surface area (Å²) in [6.45, 7) is 6.44. The van der Waals surface area contributed by atoms with E-state index in [9.17, 15) is 0 Å². The van der Waals surface area contributed by atoms with Crippen LogP contribution in [0.1, 0.15) is 13.8 Å². The molecule has 2 aromatic heterocycles. The predicted octanol–water partition coefficient (Wildman–Crippen LogP) is 1.27. The average Bonchev–Trinajstić information content (AvgIpc) is 2.74. The van der Waals surface area contributed by atoms with E-state index in [0.717, 1.165) is 24.3 Å². The Hall–Kier alpha value is -1.50. The van der Waals surface area contributed by atoms with Gasteiger partial charge >= 0.3 is 0 Å². The van der Waals surface area contributed by atoms with Crippen LogP contribution < -0.4 is 10.6 Å². The number of aromatic amines is 1. The minimum Gasteiger partial charge on any atom is -0.368 e. The Bertz CT molecular complexity index is 558. The number of anilines is 2. The number of thioether (sulfide) groups is 1. The van der Waals surface area contributed by atoms with Gasteiger partial charge in [-0.25, -0.2) is 0 Å². The van der Waals surface area contributed by atoms with Crippen LogP contribution in [-0.4, -0.2) is 43.8 Å². The summed E-state index contributed by atoms with van der Waals surface area (Å²) in [5.41, 5.74) is 6.46. The lowest BCUT2D eigenvalue weighted by Gasteiger charge is -2.35. The lowest BCUT2D eigenvalue weighted by atomic mass is 10.3. The zero-order valence-corrected chi connectivity index (χ0v) is 11.2. The van der Waals surface area contributed by atoms with Crippen molar-refractivity contribution in [2.45, 2.75) is 24.3 Å². The molecule has 0 radical (unpaired) electrons. The summed E-state index contributed by atoms with van der Waals surface area (Å²) in [4.78, 5) is 10.8. The minimum atomic E-state index is 0.292. The molecule has 2 aromatic rings. The fraction of sp³-hybridized carbons (Fsp3) is 0.545. The maximum absolute atomic E-state index is 5.76. The van der Waals surface area contributed by atoms with Crippen LogP contribution in [0.25, 0.3) is 11.0 Å². The molecule has 3 heterocycles. The third-order valence-electron chi connectivity index (χ3n) is 3.03. The lowest BCUT2D eigenvalue weighted by Crippen LogP contribution is -2.41. The van der Waals surface area contributed by atoms with Gasteiger partial charge in [0.15, 0.2) is 5.65 Å². The van der Waals surface area contributed by atoms with Gasteiger partial charge in [-0.2, -0.15) is 26.8 Å². The molecule has 0 aliphatic carbocycles. The van der Waals surface area contributed by atoms with Crippen LogP contribution in [0.5, 0.6) is 0 Å². The summed E-state index contributed by atoms with van der Waals surface area (Å²) >= 11 is 2.01. The standard InChI is InChI=1S/C11H16N6S/c1-6-4-17(5-7(2)18-6)10-8-3-13-16-9(8)14-11(12)15-10/h3,6-7H,4-5H2,1-2H3,(H3,12,13,14,15,16). The second-order valence-corrected chi connectivity index (χ2v) is 6.58. The van der Waals surface area contributed by atoms with Gasteiger partial charge in [-0.1, -0.05) is 13.8 Å². The van der Waals surface area contributed by atoms with E-state index < -0.39 is 0 Å². The van der Waals surface area contributed by atoms with E-state index in [-0.39, 0.29) is 0 Å². The van der Waals surface area contributed by atoms with Crippen molar-refractivity contribution >= 4 is 34.6 Å². The molecule has 3 N–H and O–H groups in total. The number of fused-ring (bicyclic) bond motifs is 1. The number of hydrogen-bond acceptors (Lipinski definition) is 6. The number of aromatic nitrogens is 4. The van der Waals surface area contributed by atoms with Crippen molar-refractivity contribution in [3.63, 3.8) is 0 Å². The zero-order valence-electron chi connectivity index (χ0n) is 10.4. The highest BCUT2D eigenvalue weighted by Crippen LogP contribution is 2.30. The highest BCUT2D eigenvalue weighted by molar-refractivity contribution is 8.00. The molecule has 0 saturated carbocycles. The van der Waals surface area contributed by atoms with E-state index >= 15 is 0 Å². The Kier molecular flexibility index (Phi) is 2.77. The molecule has 0 aromatic carbocycles. The molecule has 2 unspecified atom stereocenters. The topological polar surface area (TPSA) is 83.7 Å². The molecule has 3 rings (SSSR count). The molecule has 1 fully saturated rings. The SMILES string of the molecule is CC1CN(c2nc(N)nc3[nH]ncc23)CC(C)S1. The highest BCUT2D eigenvalue weighted by atomic mass is 32.2. The van der Waals surface area contributed by atoms with E-state index in [4.69, 9.17) is 5.73 Å². The van der Waals surface area contributed by atoms with Crippen molar-refractivity contribution in [3.8, 4) is 0 Å². The number of nitrogens with zero attached hydrogens (tertiary/aromatic N) is 4. The maximum atomic E-state index is 5.76. The highest BCUT2D eigenvalue weighted by Gasteiger charge is 2.25. The Morgan fingerprint density at radius 1 is 1.33 bits per heavy atom. The molecule has 0 bridgehead atoms. The average molecular weight is 264 g/mol. The lowest BCUT2D eigenvalue weighted by molar-refractivity contribution is 0.721.